The van der Waals surface area contributed by atoms with E-state index in [2.05, 4.69) is 61.5 Å². The van der Waals surface area contributed by atoms with Gasteiger partial charge in [-0.25, -0.2) is 0 Å². The van der Waals surface area contributed by atoms with Crippen LogP contribution in [-0.2, 0) is 14.2 Å². The zero-order valence-electron chi connectivity index (χ0n) is 29.8. The second-order valence-electron chi connectivity index (χ2n) is 17.6. The molecule has 0 bridgehead atoms. The Bertz CT molecular complexity index is 1120. The van der Waals surface area contributed by atoms with Crippen molar-refractivity contribution < 1.29 is 44.8 Å². The van der Waals surface area contributed by atoms with E-state index < -0.39 is 61.0 Å². The van der Waals surface area contributed by atoms with Crippen LogP contribution in [0.25, 0.3) is 0 Å². The fourth-order valence-corrected chi connectivity index (χ4v) is 12.1. The van der Waals surface area contributed by atoms with Gasteiger partial charge in [0.1, 0.15) is 24.4 Å². The molecular weight excluding hydrogens is 588 g/mol. The largest absolute Gasteiger partial charge is 0.394 e. The molecule has 9 heteroatoms. The van der Waals surface area contributed by atoms with Crippen molar-refractivity contribution in [2.75, 3.05) is 13.7 Å². The van der Waals surface area contributed by atoms with Crippen molar-refractivity contribution in [1.82, 2.24) is 0 Å². The lowest BCUT2D eigenvalue weighted by Crippen LogP contribution is -2.71. The Morgan fingerprint density at radius 1 is 0.935 bits per heavy atom. The van der Waals surface area contributed by atoms with Crippen LogP contribution in [0.1, 0.15) is 107 Å². The van der Waals surface area contributed by atoms with E-state index in [0.717, 1.165) is 32.1 Å². The van der Waals surface area contributed by atoms with Crippen LogP contribution in [-0.4, -0.2) is 99.0 Å². The molecule has 0 spiro atoms. The second kappa shape index (κ2) is 12.6. The number of aliphatic hydroxyl groups is 6. The summed E-state index contributed by atoms with van der Waals surface area (Å²) in [5, 5.41) is 65.6. The summed E-state index contributed by atoms with van der Waals surface area (Å²) in [4.78, 5) is 0. The second-order valence-corrected chi connectivity index (χ2v) is 17.6. The summed E-state index contributed by atoms with van der Waals surface area (Å²) >= 11 is 0. The monoisotopic (exact) mass is 652 g/mol. The zero-order chi connectivity index (χ0) is 34.2. The normalized spacial score (nSPS) is 51.4. The van der Waals surface area contributed by atoms with Crippen LogP contribution >= 0.6 is 0 Å². The average molecular weight is 653 g/mol. The van der Waals surface area contributed by atoms with Gasteiger partial charge < -0.3 is 44.8 Å². The summed E-state index contributed by atoms with van der Waals surface area (Å²) in [5.74, 6) is 0.245. The molecule has 5 aliphatic rings. The molecule has 6 N–H and O–H groups in total. The number of hydrogen-bond acceptors (Lipinski definition) is 9. The van der Waals surface area contributed by atoms with Crippen LogP contribution < -0.4 is 0 Å². The smallest absolute Gasteiger partial charge is 0.186 e. The molecule has 0 unspecified atom stereocenters. The number of fused-ring (bicyclic) bond motifs is 5. The van der Waals surface area contributed by atoms with Gasteiger partial charge in [-0.3, -0.25) is 0 Å². The molecule has 0 aromatic carbocycles. The van der Waals surface area contributed by atoms with Gasteiger partial charge in [0.15, 0.2) is 6.29 Å². The quantitative estimate of drug-likeness (QED) is 0.169. The molecule has 0 aromatic rings. The van der Waals surface area contributed by atoms with E-state index in [1.54, 1.807) is 0 Å². The van der Waals surface area contributed by atoms with E-state index in [0.29, 0.717) is 19.3 Å². The molecule has 1 saturated heterocycles. The predicted molar refractivity (Wildman–Crippen MR) is 174 cm³/mol. The predicted octanol–water partition coefficient (Wildman–Crippen LogP) is 3.95. The molecule has 5 rings (SSSR count). The number of methoxy groups -OCH3 is 1. The number of hydrogen-bond donors (Lipinski definition) is 6. The van der Waals surface area contributed by atoms with E-state index in [1.165, 1.54) is 5.57 Å². The molecule has 46 heavy (non-hydrogen) atoms. The Balaban J connectivity index is 1.55. The summed E-state index contributed by atoms with van der Waals surface area (Å²) in [6, 6.07) is 0. The number of rotatable bonds is 8. The molecule has 5 fully saturated rings. The Hall–Kier alpha value is -0.620. The number of aliphatic hydroxyl groups excluding tert-OH is 6. The lowest BCUT2D eigenvalue weighted by molar-refractivity contribution is -0.347. The van der Waals surface area contributed by atoms with Gasteiger partial charge in [-0.1, -0.05) is 46.3 Å². The standard InChI is InChI=1S/C37H64O9/c1-20(2)11-10-14-37(8,44-9)21-12-16-35(6)27(21)22(39)17-25-34(5)15-13-26(40)33(3,4)31(34)23(18-36(25,35)7)45-32-30(43)29(42)28(41)24(19-38)46-32/h11,21-32,38-43H,10,12-19H2,1-9H3/t21-,22+,23-,24+,25+,26-,27-,28-,29-,30+,31-,32+,34+,35+,36+,37-/m0/s1. The van der Waals surface area contributed by atoms with Crippen molar-refractivity contribution in [3.8, 4) is 0 Å². The summed E-state index contributed by atoms with van der Waals surface area (Å²) in [7, 11) is 1.81. The van der Waals surface area contributed by atoms with Gasteiger partial charge >= 0.3 is 0 Å². The first-order chi connectivity index (χ1) is 21.3. The van der Waals surface area contributed by atoms with Crippen LogP contribution in [0.2, 0.25) is 0 Å². The molecule has 1 aliphatic heterocycles. The number of allylic oxidation sites excluding steroid dienone is 2. The molecule has 266 valence electrons. The van der Waals surface area contributed by atoms with E-state index >= 15 is 0 Å². The number of ether oxygens (including phenoxy) is 3. The molecule has 0 aromatic heterocycles. The van der Waals surface area contributed by atoms with Crippen LogP contribution in [0.15, 0.2) is 11.6 Å². The van der Waals surface area contributed by atoms with Gasteiger partial charge in [0.25, 0.3) is 0 Å². The minimum Gasteiger partial charge on any atom is -0.394 e. The third-order valence-corrected chi connectivity index (χ3v) is 14.8. The first-order valence-corrected chi connectivity index (χ1v) is 17.8. The van der Waals surface area contributed by atoms with Gasteiger partial charge in [-0.05, 0) is 117 Å². The van der Waals surface area contributed by atoms with Crippen LogP contribution in [0.5, 0.6) is 0 Å². The Kier molecular flexibility index (Phi) is 10.0. The molecule has 0 amide bonds. The minimum atomic E-state index is -1.53. The Morgan fingerprint density at radius 2 is 1.61 bits per heavy atom. The fraction of sp³-hybridized carbons (Fsp3) is 0.946. The summed E-state index contributed by atoms with van der Waals surface area (Å²) < 4.78 is 19.0. The van der Waals surface area contributed by atoms with E-state index in [-0.39, 0.29) is 45.5 Å². The van der Waals surface area contributed by atoms with Gasteiger partial charge in [-0.15, -0.1) is 0 Å². The van der Waals surface area contributed by atoms with E-state index in [4.69, 9.17) is 14.2 Å². The summed E-state index contributed by atoms with van der Waals surface area (Å²) in [6.07, 6.45) is 0.454. The maximum Gasteiger partial charge on any atom is 0.186 e. The third-order valence-electron chi connectivity index (χ3n) is 14.8. The van der Waals surface area contributed by atoms with Gasteiger partial charge in [0.05, 0.1) is 30.5 Å². The van der Waals surface area contributed by atoms with Crippen molar-refractivity contribution in [1.29, 1.82) is 0 Å². The topological polar surface area (TPSA) is 149 Å². The third kappa shape index (κ3) is 5.47. The molecular formula is C37H64O9. The maximum atomic E-state index is 12.2. The van der Waals surface area contributed by atoms with Crippen LogP contribution in [0.3, 0.4) is 0 Å². The average Bonchev–Trinajstić information content (AvgIpc) is 3.37. The summed E-state index contributed by atoms with van der Waals surface area (Å²) in [5.41, 5.74) is -0.422. The Labute approximate surface area is 276 Å². The minimum absolute atomic E-state index is 0.0284. The lowest BCUT2D eigenvalue weighted by Gasteiger charge is -2.72. The van der Waals surface area contributed by atoms with Gasteiger partial charge in [0.2, 0.25) is 0 Å². The first kappa shape index (κ1) is 36.7. The van der Waals surface area contributed by atoms with Crippen LogP contribution in [0.4, 0.5) is 0 Å². The summed E-state index contributed by atoms with van der Waals surface area (Å²) in [6.45, 7) is 17.2. The lowest BCUT2D eigenvalue weighted by atomic mass is 9.34. The van der Waals surface area contributed by atoms with Gasteiger partial charge in [-0.2, -0.15) is 0 Å². The fourth-order valence-electron chi connectivity index (χ4n) is 12.1. The van der Waals surface area contributed by atoms with E-state index in [1.807, 2.05) is 7.11 Å². The van der Waals surface area contributed by atoms with Crippen molar-refractivity contribution in [2.45, 2.75) is 161 Å². The van der Waals surface area contributed by atoms with Crippen LogP contribution in [0, 0.1) is 45.3 Å². The van der Waals surface area contributed by atoms with E-state index in [9.17, 15) is 30.6 Å². The van der Waals surface area contributed by atoms with Crippen molar-refractivity contribution in [3.63, 3.8) is 0 Å². The molecule has 4 aliphatic carbocycles. The highest BCUT2D eigenvalue weighted by Crippen LogP contribution is 2.76. The molecule has 0 radical (unpaired) electrons. The highest BCUT2D eigenvalue weighted by molar-refractivity contribution is 5.22. The van der Waals surface area contributed by atoms with Gasteiger partial charge in [0, 0.05) is 7.11 Å². The molecule has 16 atom stereocenters. The van der Waals surface area contributed by atoms with Crippen molar-refractivity contribution >= 4 is 0 Å². The van der Waals surface area contributed by atoms with Crippen molar-refractivity contribution in [2.24, 2.45) is 45.3 Å². The highest BCUT2D eigenvalue weighted by Gasteiger charge is 2.73. The molecule has 9 nitrogen and oxygen atoms in total. The van der Waals surface area contributed by atoms with Crippen molar-refractivity contribution in [3.05, 3.63) is 11.6 Å². The first-order valence-electron chi connectivity index (χ1n) is 17.8. The zero-order valence-corrected chi connectivity index (χ0v) is 29.8. The SMILES string of the molecule is CO[C@@](C)(CCC=C(C)C)[C@H]1CC[C@]2(C)[C@@H]1[C@H](O)C[C@@H]1[C@@]3(C)CC[C@H](O)C(C)(C)[C@@H]3[C@@H](O[C@@H]3O[C@H](CO)[C@H](O)[C@H](O)[C@H]3O)C[C@]12C. The maximum absolute atomic E-state index is 12.2. The Morgan fingerprint density at radius 3 is 2.22 bits per heavy atom. The molecule has 4 saturated carbocycles. The molecule has 1 heterocycles. The highest BCUT2D eigenvalue weighted by atomic mass is 16.7.